The fraction of sp³-hybridized carbons (Fsp3) is 0.316. The lowest BCUT2D eigenvalue weighted by Crippen LogP contribution is -2.41. The van der Waals surface area contributed by atoms with Gasteiger partial charge in [-0.3, -0.25) is 4.79 Å². The number of benzene rings is 1. The molecule has 0 spiro atoms. The van der Waals surface area contributed by atoms with Crippen molar-refractivity contribution in [2.75, 3.05) is 23.3 Å². The maximum Gasteiger partial charge on any atom is 0.416 e. The summed E-state index contributed by atoms with van der Waals surface area (Å²) in [5.41, 5.74) is -0.937. The Morgan fingerprint density at radius 3 is 2.71 bits per heavy atom. The fourth-order valence-electron chi connectivity index (χ4n) is 3.39. The molecule has 1 amide bonds. The molecule has 31 heavy (non-hydrogen) atoms. The third-order valence-electron chi connectivity index (χ3n) is 4.96. The highest BCUT2D eigenvalue weighted by atomic mass is 35.5. The monoisotopic (exact) mass is 451 g/mol. The quantitative estimate of drug-likeness (QED) is 0.652. The summed E-state index contributed by atoms with van der Waals surface area (Å²) in [6, 6.07) is 4.58. The number of carbonyl (C=O) groups is 1. The molecule has 1 aliphatic heterocycles. The van der Waals surface area contributed by atoms with E-state index in [-0.39, 0.29) is 10.7 Å². The molecule has 2 aromatic heterocycles. The summed E-state index contributed by atoms with van der Waals surface area (Å²) in [6.07, 6.45) is 1.09. The number of nitrogens with zero attached hydrogens (tertiary/aromatic N) is 6. The number of rotatable bonds is 4. The first-order valence-electron chi connectivity index (χ1n) is 9.41. The van der Waals surface area contributed by atoms with Gasteiger partial charge in [-0.25, -0.2) is 19.6 Å². The number of anilines is 2. The zero-order chi connectivity index (χ0) is 22.0. The molecule has 1 N–H and O–H groups in total. The van der Waals surface area contributed by atoms with Gasteiger partial charge in [-0.2, -0.15) is 18.3 Å². The van der Waals surface area contributed by atoms with E-state index < -0.39 is 23.6 Å². The maximum atomic E-state index is 13.0. The Labute approximate surface area is 180 Å². The standard InChI is InChI=1S/C19H17ClF3N7O/c20-14-4-3-13(19(21,22)23)6-15(14)28-18(31)12-2-1-5-29(8-12)16-7-17(26-10-25-16)30-11-24-9-27-30/h3-4,6-7,9-12H,1-2,5,8H2,(H,28,31). The van der Waals surface area contributed by atoms with Crippen molar-refractivity contribution in [2.45, 2.75) is 19.0 Å². The topological polar surface area (TPSA) is 88.8 Å². The summed E-state index contributed by atoms with van der Waals surface area (Å²) in [5.74, 6) is 0.320. The van der Waals surface area contributed by atoms with E-state index in [2.05, 4.69) is 25.4 Å². The fourth-order valence-corrected chi connectivity index (χ4v) is 3.56. The highest BCUT2D eigenvalue weighted by Crippen LogP contribution is 2.34. The molecule has 8 nitrogen and oxygen atoms in total. The first kappa shape index (κ1) is 21.0. The Kier molecular flexibility index (Phi) is 5.77. The SMILES string of the molecule is O=C(Nc1cc(C(F)(F)F)ccc1Cl)C1CCCN(c2cc(-n3cncn3)ncn2)C1. The molecule has 1 fully saturated rings. The number of hydrogen-bond donors (Lipinski definition) is 1. The minimum atomic E-state index is -4.53. The number of alkyl halides is 3. The minimum Gasteiger partial charge on any atom is -0.356 e. The summed E-state index contributed by atoms with van der Waals surface area (Å²) < 4.78 is 40.4. The van der Waals surface area contributed by atoms with Crippen LogP contribution in [0.15, 0.2) is 43.2 Å². The van der Waals surface area contributed by atoms with Crippen LogP contribution in [0.2, 0.25) is 5.02 Å². The van der Waals surface area contributed by atoms with E-state index in [1.54, 1.807) is 6.07 Å². The Hall–Kier alpha value is -3.21. The van der Waals surface area contributed by atoms with Crippen LogP contribution in [-0.2, 0) is 11.0 Å². The Balaban J connectivity index is 1.48. The first-order chi connectivity index (χ1) is 14.8. The van der Waals surface area contributed by atoms with Crippen molar-refractivity contribution in [1.82, 2.24) is 24.7 Å². The number of piperidine rings is 1. The van der Waals surface area contributed by atoms with E-state index >= 15 is 0 Å². The van der Waals surface area contributed by atoms with Gasteiger partial charge in [0.05, 0.1) is 22.2 Å². The smallest absolute Gasteiger partial charge is 0.356 e. The van der Waals surface area contributed by atoms with Crippen molar-refractivity contribution in [1.29, 1.82) is 0 Å². The normalized spacial score (nSPS) is 16.9. The highest BCUT2D eigenvalue weighted by Gasteiger charge is 2.32. The van der Waals surface area contributed by atoms with Gasteiger partial charge in [0.1, 0.15) is 24.8 Å². The van der Waals surface area contributed by atoms with E-state index in [1.165, 1.54) is 23.7 Å². The van der Waals surface area contributed by atoms with Crippen LogP contribution in [0.3, 0.4) is 0 Å². The summed E-state index contributed by atoms with van der Waals surface area (Å²) in [6.45, 7) is 1.04. The van der Waals surface area contributed by atoms with Crippen LogP contribution in [0.1, 0.15) is 18.4 Å². The zero-order valence-electron chi connectivity index (χ0n) is 16.1. The molecular weight excluding hydrogens is 435 g/mol. The number of nitrogens with one attached hydrogen (secondary N) is 1. The number of amides is 1. The Bertz CT molecular complexity index is 1070. The molecule has 0 saturated carbocycles. The van der Waals surface area contributed by atoms with Gasteiger partial charge in [-0.15, -0.1) is 0 Å². The third kappa shape index (κ3) is 4.76. The van der Waals surface area contributed by atoms with Crippen molar-refractivity contribution < 1.29 is 18.0 Å². The predicted octanol–water partition coefficient (Wildman–Crippen LogP) is 3.58. The van der Waals surface area contributed by atoms with E-state index in [1.807, 2.05) is 4.90 Å². The molecule has 1 unspecified atom stereocenters. The van der Waals surface area contributed by atoms with Gasteiger partial charge in [0.25, 0.3) is 0 Å². The maximum absolute atomic E-state index is 13.0. The second-order valence-corrected chi connectivity index (χ2v) is 7.45. The average Bonchev–Trinajstić information content (AvgIpc) is 3.30. The van der Waals surface area contributed by atoms with Gasteiger partial charge >= 0.3 is 6.18 Å². The molecular formula is C19H17ClF3N7O. The first-order valence-corrected chi connectivity index (χ1v) is 9.78. The molecule has 3 heterocycles. The molecule has 162 valence electrons. The molecule has 1 atom stereocenters. The van der Waals surface area contributed by atoms with E-state index in [9.17, 15) is 18.0 Å². The molecule has 3 aromatic rings. The van der Waals surface area contributed by atoms with Gasteiger partial charge < -0.3 is 10.2 Å². The lowest BCUT2D eigenvalue weighted by Gasteiger charge is -2.33. The van der Waals surface area contributed by atoms with Crippen LogP contribution in [0, 0.1) is 5.92 Å². The number of halogens is 4. The van der Waals surface area contributed by atoms with E-state index in [0.29, 0.717) is 31.1 Å². The Morgan fingerprint density at radius 2 is 1.97 bits per heavy atom. The Morgan fingerprint density at radius 1 is 1.16 bits per heavy atom. The molecule has 12 heteroatoms. The van der Waals surface area contributed by atoms with E-state index in [0.717, 1.165) is 24.6 Å². The van der Waals surface area contributed by atoms with Crippen molar-refractivity contribution in [3.63, 3.8) is 0 Å². The molecule has 4 rings (SSSR count). The molecule has 1 saturated heterocycles. The minimum absolute atomic E-state index is 0.0438. The van der Waals surface area contributed by atoms with Crippen LogP contribution in [0.25, 0.3) is 5.82 Å². The van der Waals surface area contributed by atoms with Crippen LogP contribution in [-0.4, -0.2) is 43.7 Å². The lowest BCUT2D eigenvalue weighted by molar-refractivity contribution is -0.137. The molecule has 0 bridgehead atoms. The number of hydrogen-bond acceptors (Lipinski definition) is 6. The van der Waals surface area contributed by atoms with Crippen LogP contribution in [0.4, 0.5) is 24.7 Å². The van der Waals surface area contributed by atoms with Crippen molar-refractivity contribution >= 4 is 29.0 Å². The largest absolute Gasteiger partial charge is 0.416 e. The van der Waals surface area contributed by atoms with Gasteiger partial charge in [0.2, 0.25) is 5.91 Å². The molecule has 1 aliphatic rings. The van der Waals surface area contributed by atoms with Crippen LogP contribution < -0.4 is 10.2 Å². The summed E-state index contributed by atoms with van der Waals surface area (Å²) in [5, 5.41) is 6.62. The number of carbonyl (C=O) groups excluding carboxylic acids is 1. The average molecular weight is 452 g/mol. The van der Waals surface area contributed by atoms with Crippen LogP contribution in [0.5, 0.6) is 0 Å². The summed E-state index contributed by atoms with van der Waals surface area (Å²) in [4.78, 5) is 27.0. The van der Waals surface area contributed by atoms with Gasteiger partial charge in [0, 0.05) is 19.2 Å². The van der Waals surface area contributed by atoms with Gasteiger partial charge in [-0.1, -0.05) is 11.6 Å². The lowest BCUT2D eigenvalue weighted by atomic mass is 9.97. The zero-order valence-corrected chi connectivity index (χ0v) is 16.8. The highest BCUT2D eigenvalue weighted by molar-refractivity contribution is 6.33. The summed E-state index contributed by atoms with van der Waals surface area (Å²) in [7, 11) is 0. The van der Waals surface area contributed by atoms with Gasteiger partial charge in [-0.05, 0) is 31.0 Å². The second kappa shape index (κ2) is 8.50. The van der Waals surface area contributed by atoms with Crippen molar-refractivity contribution in [2.24, 2.45) is 5.92 Å². The van der Waals surface area contributed by atoms with Crippen molar-refractivity contribution in [3.8, 4) is 5.82 Å². The van der Waals surface area contributed by atoms with E-state index in [4.69, 9.17) is 11.6 Å². The number of aromatic nitrogens is 5. The predicted molar refractivity (Wildman–Crippen MR) is 107 cm³/mol. The molecule has 0 radical (unpaired) electrons. The molecule has 1 aromatic carbocycles. The molecule has 0 aliphatic carbocycles. The third-order valence-corrected chi connectivity index (χ3v) is 5.29. The van der Waals surface area contributed by atoms with Crippen molar-refractivity contribution in [3.05, 3.63) is 53.8 Å². The van der Waals surface area contributed by atoms with Gasteiger partial charge in [0.15, 0.2) is 5.82 Å². The summed E-state index contributed by atoms with van der Waals surface area (Å²) >= 11 is 6.00. The van der Waals surface area contributed by atoms with Crippen LogP contribution >= 0.6 is 11.6 Å². The second-order valence-electron chi connectivity index (χ2n) is 7.04.